The van der Waals surface area contributed by atoms with Crippen LogP contribution in [0.1, 0.15) is 48.1 Å². The molecule has 7 nitrogen and oxygen atoms in total. The van der Waals surface area contributed by atoms with Crippen molar-refractivity contribution < 1.29 is 18.3 Å². The van der Waals surface area contributed by atoms with Gasteiger partial charge in [0.15, 0.2) is 0 Å². The molecule has 1 fully saturated rings. The molecular formula is C26H31N3O4S. The number of likely N-dealkylation sites (tertiary alicyclic amines) is 1. The van der Waals surface area contributed by atoms with E-state index in [0.29, 0.717) is 18.8 Å². The van der Waals surface area contributed by atoms with Crippen molar-refractivity contribution in [2.75, 3.05) is 31.4 Å². The fourth-order valence-electron chi connectivity index (χ4n) is 4.52. The van der Waals surface area contributed by atoms with Crippen molar-refractivity contribution in [2.24, 2.45) is 0 Å². The number of rotatable bonds is 6. The van der Waals surface area contributed by atoms with E-state index in [9.17, 15) is 18.3 Å². The second-order valence-electron chi connectivity index (χ2n) is 9.03. The number of amides is 1. The van der Waals surface area contributed by atoms with E-state index in [4.69, 9.17) is 0 Å². The van der Waals surface area contributed by atoms with Gasteiger partial charge in [0.25, 0.3) is 0 Å². The number of benzene rings is 2. The predicted molar refractivity (Wildman–Crippen MR) is 133 cm³/mol. The number of anilines is 1. The molecule has 2 aliphatic rings. The Morgan fingerprint density at radius 3 is 2.85 bits per heavy atom. The number of sulfonamides is 1. The SMILES string of the molecule is CCC#Cc1cccc(C(CN2CC[C@H](O)C2)N(C)C(=O)Cc2ccc3c(c2)NS(=O)(=O)C3)c1. The summed E-state index contributed by atoms with van der Waals surface area (Å²) in [5.41, 5.74) is 3.95. The van der Waals surface area contributed by atoms with Crippen LogP contribution in [0.5, 0.6) is 0 Å². The lowest BCUT2D eigenvalue weighted by Crippen LogP contribution is -2.39. The second kappa shape index (κ2) is 10.2. The normalized spacial score (nSPS) is 19.6. The Morgan fingerprint density at radius 2 is 2.12 bits per heavy atom. The number of likely N-dealkylation sites (N-methyl/N-ethyl adjacent to an activating group) is 1. The first-order valence-electron chi connectivity index (χ1n) is 11.6. The molecule has 34 heavy (non-hydrogen) atoms. The van der Waals surface area contributed by atoms with Crippen molar-refractivity contribution in [2.45, 2.75) is 44.1 Å². The van der Waals surface area contributed by atoms with Gasteiger partial charge in [0.1, 0.15) is 0 Å². The lowest BCUT2D eigenvalue weighted by molar-refractivity contribution is -0.131. The van der Waals surface area contributed by atoms with E-state index in [1.54, 1.807) is 24.1 Å². The molecule has 1 amide bonds. The van der Waals surface area contributed by atoms with Crippen molar-refractivity contribution >= 4 is 21.6 Å². The van der Waals surface area contributed by atoms with E-state index in [0.717, 1.165) is 41.6 Å². The summed E-state index contributed by atoms with van der Waals surface area (Å²) >= 11 is 0. The van der Waals surface area contributed by atoms with Gasteiger partial charge >= 0.3 is 0 Å². The summed E-state index contributed by atoms with van der Waals surface area (Å²) in [6.45, 7) is 4.02. The Labute approximate surface area is 201 Å². The number of aliphatic hydroxyl groups excluding tert-OH is 1. The van der Waals surface area contributed by atoms with Crippen LogP contribution >= 0.6 is 0 Å². The third-order valence-electron chi connectivity index (χ3n) is 6.36. The van der Waals surface area contributed by atoms with Crippen LogP contribution in [-0.2, 0) is 27.0 Å². The van der Waals surface area contributed by atoms with E-state index in [1.807, 2.05) is 37.3 Å². The zero-order valence-electron chi connectivity index (χ0n) is 19.6. The number of fused-ring (bicyclic) bond motifs is 1. The van der Waals surface area contributed by atoms with E-state index >= 15 is 0 Å². The molecule has 2 aromatic carbocycles. The van der Waals surface area contributed by atoms with Gasteiger partial charge in [-0.2, -0.15) is 0 Å². The molecule has 2 aliphatic heterocycles. The molecule has 8 heteroatoms. The maximum Gasteiger partial charge on any atom is 0.237 e. The zero-order chi connectivity index (χ0) is 24.3. The highest BCUT2D eigenvalue weighted by Crippen LogP contribution is 2.29. The maximum atomic E-state index is 13.3. The molecule has 0 saturated carbocycles. The first kappa shape index (κ1) is 24.3. The van der Waals surface area contributed by atoms with Crippen LogP contribution in [-0.4, -0.2) is 62.0 Å². The fraction of sp³-hybridized carbons (Fsp3) is 0.423. The number of β-amino-alcohol motifs (C(OH)–C–C–N with tert-alkyl or cyclic N) is 1. The first-order chi connectivity index (χ1) is 16.2. The lowest BCUT2D eigenvalue weighted by atomic mass is 10.0. The molecule has 0 aromatic heterocycles. The van der Waals surface area contributed by atoms with Crippen molar-refractivity contribution in [3.63, 3.8) is 0 Å². The predicted octanol–water partition coefficient (Wildman–Crippen LogP) is 2.51. The third-order valence-corrected chi connectivity index (χ3v) is 7.58. The maximum absolute atomic E-state index is 13.3. The summed E-state index contributed by atoms with van der Waals surface area (Å²) in [4.78, 5) is 17.3. The summed E-state index contributed by atoms with van der Waals surface area (Å²) in [5.74, 6) is 6.17. The number of nitrogens with one attached hydrogen (secondary N) is 1. The highest BCUT2D eigenvalue weighted by Gasteiger charge is 2.29. The van der Waals surface area contributed by atoms with Crippen LogP contribution in [0.25, 0.3) is 0 Å². The van der Waals surface area contributed by atoms with Gasteiger partial charge in [-0.05, 0) is 41.3 Å². The minimum Gasteiger partial charge on any atom is -0.392 e. The Hall–Kier alpha value is -2.86. The minimum atomic E-state index is -3.33. The first-order valence-corrected chi connectivity index (χ1v) is 13.3. The number of aliphatic hydroxyl groups is 1. The molecule has 0 radical (unpaired) electrons. The van der Waals surface area contributed by atoms with Crippen LogP contribution in [0.4, 0.5) is 5.69 Å². The van der Waals surface area contributed by atoms with E-state index in [2.05, 4.69) is 21.5 Å². The highest BCUT2D eigenvalue weighted by atomic mass is 32.2. The summed E-state index contributed by atoms with van der Waals surface area (Å²) in [6, 6.07) is 13.1. The lowest BCUT2D eigenvalue weighted by Gasteiger charge is -2.32. The molecule has 0 aliphatic carbocycles. The molecule has 180 valence electrons. The van der Waals surface area contributed by atoms with Crippen molar-refractivity contribution in [1.29, 1.82) is 0 Å². The minimum absolute atomic E-state index is 0.0303. The van der Waals surface area contributed by atoms with Gasteiger partial charge in [0, 0.05) is 38.7 Å². The van der Waals surface area contributed by atoms with E-state index < -0.39 is 10.0 Å². The van der Waals surface area contributed by atoms with Crippen LogP contribution in [0, 0.1) is 11.8 Å². The third kappa shape index (κ3) is 5.79. The number of hydrogen-bond acceptors (Lipinski definition) is 5. The van der Waals surface area contributed by atoms with Crippen LogP contribution < -0.4 is 4.72 Å². The molecule has 2 heterocycles. The van der Waals surface area contributed by atoms with Gasteiger partial charge in [-0.25, -0.2) is 8.42 Å². The van der Waals surface area contributed by atoms with Crippen molar-refractivity contribution in [1.82, 2.24) is 9.80 Å². The van der Waals surface area contributed by atoms with Gasteiger partial charge in [-0.15, -0.1) is 0 Å². The van der Waals surface area contributed by atoms with Crippen LogP contribution in [0.2, 0.25) is 0 Å². The Kier molecular flexibility index (Phi) is 7.27. The molecule has 2 atom stereocenters. The highest BCUT2D eigenvalue weighted by molar-refractivity contribution is 7.92. The van der Waals surface area contributed by atoms with Crippen molar-refractivity contribution in [3.05, 3.63) is 64.7 Å². The number of nitrogens with zero attached hydrogens (tertiary/aromatic N) is 2. The Bertz CT molecular complexity index is 1230. The molecule has 2 aromatic rings. The van der Waals surface area contributed by atoms with E-state index in [1.165, 1.54) is 0 Å². The summed E-state index contributed by atoms with van der Waals surface area (Å²) in [6.07, 6.45) is 1.34. The van der Waals surface area contributed by atoms with Crippen LogP contribution in [0.3, 0.4) is 0 Å². The largest absolute Gasteiger partial charge is 0.392 e. The average molecular weight is 482 g/mol. The molecule has 0 spiro atoms. The molecular weight excluding hydrogens is 450 g/mol. The van der Waals surface area contributed by atoms with Gasteiger partial charge in [0.05, 0.1) is 30.0 Å². The molecule has 1 unspecified atom stereocenters. The number of carbonyl (C=O) groups is 1. The monoisotopic (exact) mass is 481 g/mol. The fourth-order valence-corrected chi connectivity index (χ4v) is 5.78. The standard InChI is InChI=1S/C26H31N3O4S/c1-3-4-6-19-7-5-8-21(13-19)25(17-29-12-11-23(30)16-29)28(2)26(31)15-20-9-10-22-18-34(32,33)27-24(22)14-20/h5,7-10,13-14,23,25,27,30H,3,11-12,15-18H2,1-2H3/t23-,25?/m0/s1. The number of carbonyl (C=O) groups excluding carboxylic acids is 1. The summed E-state index contributed by atoms with van der Waals surface area (Å²) < 4.78 is 26.2. The molecule has 2 N–H and O–H groups in total. The van der Waals surface area contributed by atoms with Crippen LogP contribution in [0.15, 0.2) is 42.5 Å². The summed E-state index contributed by atoms with van der Waals surface area (Å²) in [5, 5.41) is 9.99. The van der Waals surface area contributed by atoms with Gasteiger partial charge in [-0.1, -0.05) is 43.0 Å². The molecule has 4 rings (SSSR count). The van der Waals surface area contributed by atoms with Gasteiger partial charge in [-0.3, -0.25) is 14.4 Å². The van der Waals surface area contributed by atoms with E-state index in [-0.39, 0.29) is 30.2 Å². The van der Waals surface area contributed by atoms with Crippen molar-refractivity contribution in [3.8, 4) is 11.8 Å². The zero-order valence-corrected chi connectivity index (χ0v) is 20.4. The van der Waals surface area contributed by atoms with Gasteiger partial charge < -0.3 is 10.0 Å². The smallest absolute Gasteiger partial charge is 0.237 e. The molecule has 1 saturated heterocycles. The second-order valence-corrected chi connectivity index (χ2v) is 10.8. The topological polar surface area (TPSA) is 89.9 Å². The molecule has 0 bridgehead atoms. The summed E-state index contributed by atoms with van der Waals surface area (Å²) in [7, 11) is -1.52. The Balaban J connectivity index is 1.55. The Morgan fingerprint density at radius 1 is 1.29 bits per heavy atom. The average Bonchev–Trinajstić information content (AvgIpc) is 3.35. The quantitative estimate of drug-likeness (QED) is 0.619. The van der Waals surface area contributed by atoms with Gasteiger partial charge in [0.2, 0.25) is 15.9 Å². The number of hydrogen-bond donors (Lipinski definition) is 2.